The molecule has 0 atom stereocenters. The number of hydrogen-bond donors (Lipinski definition) is 1. The van der Waals surface area contributed by atoms with Gasteiger partial charge in [0.25, 0.3) is 0 Å². The minimum Gasteiger partial charge on any atom is -0.492 e. The molecule has 0 saturated heterocycles. The van der Waals surface area contributed by atoms with Crippen molar-refractivity contribution in [3.05, 3.63) is 24.3 Å². The van der Waals surface area contributed by atoms with Crippen molar-refractivity contribution in [3.63, 3.8) is 0 Å². The number of benzene rings is 1. The zero-order chi connectivity index (χ0) is 11.8. The Kier molecular flexibility index (Phi) is 5.36. The van der Waals surface area contributed by atoms with Gasteiger partial charge < -0.3 is 14.8 Å². The van der Waals surface area contributed by atoms with Crippen LogP contribution in [0.2, 0.25) is 0 Å². The van der Waals surface area contributed by atoms with Gasteiger partial charge in [-0.3, -0.25) is 4.79 Å². The van der Waals surface area contributed by atoms with Crippen LogP contribution in [0.25, 0.3) is 0 Å². The third-order valence-corrected chi connectivity index (χ3v) is 1.87. The van der Waals surface area contributed by atoms with E-state index >= 15 is 0 Å². The van der Waals surface area contributed by atoms with Crippen molar-refractivity contribution in [2.24, 2.45) is 0 Å². The first-order valence-corrected chi connectivity index (χ1v) is 5.22. The Balaban J connectivity index is 2.46. The third-order valence-electron chi connectivity index (χ3n) is 1.87. The fourth-order valence-corrected chi connectivity index (χ4v) is 1.11. The molecule has 0 unspecified atom stereocenters. The van der Waals surface area contributed by atoms with Gasteiger partial charge in [-0.2, -0.15) is 0 Å². The van der Waals surface area contributed by atoms with Crippen LogP contribution in [0.3, 0.4) is 0 Å². The van der Waals surface area contributed by atoms with Crippen molar-refractivity contribution in [3.8, 4) is 11.5 Å². The monoisotopic (exact) mass is 223 g/mol. The summed E-state index contributed by atoms with van der Waals surface area (Å²) in [7, 11) is 1.87. The molecule has 1 aromatic rings. The normalized spacial score (nSPS) is 9.88. The fourth-order valence-electron chi connectivity index (χ4n) is 1.11. The van der Waals surface area contributed by atoms with Crippen LogP contribution in [0.15, 0.2) is 24.3 Å². The average Bonchev–Trinajstić information content (AvgIpc) is 2.27. The molecule has 0 aromatic heterocycles. The lowest BCUT2D eigenvalue weighted by molar-refractivity contribution is -0.118. The molecule has 1 rings (SSSR count). The lowest BCUT2D eigenvalue weighted by Crippen LogP contribution is -2.15. The molecule has 0 amide bonds. The second kappa shape index (κ2) is 6.85. The molecule has 0 saturated carbocycles. The van der Waals surface area contributed by atoms with E-state index in [0.29, 0.717) is 12.4 Å². The van der Waals surface area contributed by atoms with Crippen molar-refractivity contribution >= 4 is 5.78 Å². The number of carbonyl (C=O) groups is 1. The second-order valence-electron chi connectivity index (χ2n) is 3.42. The summed E-state index contributed by atoms with van der Waals surface area (Å²) in [5.74, 6) is 1.40. The predicted molar refractivity (Wildman–Crippen MR) is 62.0 cm³/mol. The lowest BCUT2D eigenvalue weighted by atomic mass is 10.3. The molecule has 1 N–H and O–H groups in total. The van der Waals surface area contributed by atoms with Gasteiger partial charge in [0.2, 0.25) is 0 Å². The van der Waals surface area contributed by atoms with E-state index in [9.17, 15) is 4.79 Å². The Morgan fingerprint density at radius 3 is 2.62 bits per heavy atom. The molecule has 4 nitrogen and oxygen atoms in total. The largest absolute Gasteiger partial charge is 0.492 e. The topological polar surface area (TPSA) is 47.6 Å². The Labute approximate surface area is 95.6 Å². The van der Waals surface area contributed by atoms with Gasteiger partial charge in [0, 0.05) is 12.6 Å². The summed E-state index contributed by atoms with van der Waals surface area (Å²) in [4.78, 5) is 10.7. The number of ketones is 1. The Morgan fingerprint density at radius 1 is 1.31 bits per heavy atom. The molecule has 0 spiro atoms. The number of hydrogen-bond acceptors (Lipinski definition) is 4. The molecule has 0 aliphatic carbocycles. The number of nitrogens with one attached hydrogen (secondary N) is 1. The van der Waals surface area contributed by atoms with Gasteiger partial charge >= 0.3 is 0 Å². The number of ether oxygens (including phenoxy) is 2. The van der Waals surface area contributed by atoms with Gasteiger partial charge in [-0.1, -0.05) is 6.07 Å². The summed E-state index contributed by atoms with van der Waals surface area (Å²) in [5.41, 5.74) is 0. The maximum absolute atomic E-state index is 10.7. The molecule has 0 bridgehead atoms. The van der Waals surface area contributed by atoms with E-state index in [1.807, 2.05) is 19.2 Å². The fraction of sp³-hybridized carbons (Fsp3) is 0.417. The summed E-state index contributed by atoms with van der Waals surface area (Å²) < 4.78 is 10.7. The van der Waals surface area contributed by atoms with Gasteiger partial charge in [0.15, 0.2) is 5.78 Å². The van der Waals surface area contributed by atoms with E-state index in [4.69, 9.17) is 9.47 Å². The van der Waals surface area contributed by atoms with Gasteiger partial charge in [0.05, 0.1) is 0 Å². The zero-order valence-corrected chi connectivity index (χ0v) is 9.66. The smallest absolute Gasteiger partial charge is 0.167 e. The number of carbonyl (C=O) groups excluding carboxylic acids is 1. The van der Waals surface area contributed by atoms with E-state index in [1.54, 1.807) is 12.1 Å². The van der Waals surface area contributed by atoms with Crippen molar-refractivity contribution in [2.75, 3.05) is 26.8 Å². The van der Waals surface area contributed by atoms with E-state index in [2.05, 4.69) is 5.32 Å². The Hall–Kier alpha value is -1.55. The summed E-state index contributed by atoms with van der Waals surface area (Å²) in [6.07, 6.45) is 0. The molecule has 0 heterocycles. The molecule has 0 fully saturated rings. The van der Waals surface area contributed by atoms with Gasteiger partial charge in [-0.25, -0.2) is 0 Å². The minimum atomic E-state index is 0.00139. The highest BCUT2D eigenvalue weighted by Gasteiger charge is 1.99. The van der Waals surface area contributed by atoms with Gasteiger partial charge in [-0.05, 0) is 26.1 Å². The van der Waals surface area contributed by atoms with Crippen LogP contribution in [-0.4, -0.2) is 32.6 Å². The van der Waals surface area contributed by atoms with Crippen molar-refractivity contribution in [1.82, 2.24) is 5.32 Å². The van der Waals surface area contributed by atoms with Crippen LogP contribution in [0.1, 0.15) is 6.92 Å². The number of likely N-dealkylation sites (N-methyl/N-ethyl adjacent to an activating group) is 1. The Morgan fingerprint density at radius 2 is 2.00 bits per heavy atom. The summed E-state index contributed by atoms with van der Waals surface area (Å²) in [6, 6.07) is 7.27. The van der Waals surface area contributed by atoms with Crippen LogP contribution in [0.5, 0.6) is 11.5 Å². The van der Waals surface area contributed by atoms with E-state index < -0.39 is 0 Å². The van der Waals surface area contributed by atoms with E-state index in [-0.39, 0.29) is 12.4 Å². The van der Waals surface area contributed by atoms with Crippen LogP contribution in [0, 0.1) is 0 Å². The van der Waals surface area contributed by atoms with Gasteiger partial charge in [-0.15, -0.1) is 0 Å². The summed E-state index contributed by atoms with van der Waals surface area (Å²) >= 11 is 0. The summed E-state index contributed by atoms with van der Waals surface area (Å²) in [5, 5.41) is 2.99. The second-order valence-corrected chi connectivity index (χ2v) is 3.42. The predicted octanol–water partition coefficient (Wildman–Crippen LogP) is 1.25. The standard InChI is InChI=1S/C12H17NO3/c1-10(14)9-16-12-5-3-4-11(8-12)15-7-6-13-2/h3-5,8,13H,6-7,9H2,1-2H3. The zero-order valence-electron chi connectivity index (χ0n) is 9.66. The molecule has 16 heavy (non-hydrogen) atoms. The highest BCUT2D eigenvalue weighted by Crippen LogP contribution is 2.19. The van der Waals surface area contributed by atoms with Crippen molar-refractivity contribution in [1.29, 1.82) is 0 Å². The number of rotatable bonds is 7. The quantitative estimate of drug-likeness (QED) is 0.707. The molecule has 4 heteroatoms. The molecule has 0 aliphatic heterocycles. The maximum Gasteiger partial charge on any atom is 0.167 e. The van der Waals surface area contributed by atoms with Crippen molar-refractivity contribution in [2.45, 2.75) is 6.92 Å². The first-order valence-electron chi connectivity index (χ1n) is 5.22. The lowest BCUT2D eigenvalue weighted by Gasteiger charge is -2.08. The van der Waals surface area contributed by atoms with Crippen LogP contribution in [-0.2, 0) is 4.79 Å². The van der Waals surface area contributed by atoms with E-state index in [0.717, 1.165) is 12.3 Å². The first kappa shape index (κ1) is 12.5. The summed E-state index contributed by atoms with van der Waals surface area (Å²) in [6.45, 7) is 2.98. The molecule has 0 aliphatic rings. The van der Waals surface area contributed by atoms with Gasteiger partial charge in [0.1, 0.15) is 24.7 Å². The highest BCUT2D eigenvalue weighted by molar-refractivity contribution is 5.77. The molecular weight excluding hydrogens is 206 g/mol. The first-order chi connectivity index (χ1) is 7.72. The van der Waals surface area contributed by atoms with E-state index in [1.165, 1.54) is 6.92 Å². The minimum absolute atomic E-state index is 0.00139. The van der Waals surface area contributed by atoms with Crippen molar-refractivity contribution < 1.29 is 14.3 Å². The molecule has 1 aromatic carbocycles. The van der Waals surface area contributed by atoms with Crippen LogP contribution >= 0.6 is 0 Å². The Bertz CT molecular complexity index is 339. The molecular formula is C12H17NO3. The average molecular weight is 223 g/mol. The van der Waals surface area contributed by atoms with Crippen LogP contribution in [0.4, 0.5) is 0 Å². The molecule has 0 radical (unpaired) electrons. The molecule has 88 valence electrons. The van der Waals surface area contributed by atoms with Crippen LogP contribution < -0.4 is 14.8 Å². The highest BCUT2D eigenvalue weighted by atomic mass is 16.5. The third kappa shape index (κ3) is 4.79. The maximum atomic E-state index is 10.7. The number of Topliss-reactive ketones (excluding diaryl/α,β-unsaturated/α-hetero) is 1. The SMILES string of the molecule is CNCCOc1cccc(OCC(C)=O)c1.